The second-order valence-corrected chi connectivity index (χ2v) is 2.91. The summed E-state index contributed by atoms with van der Waals surface area (Å²) in [6, 6.07) is 0. The van der Waals surface area contributed by atoms with E-state index in [2.05, 4.69) is 6.58 Å². The number of hydrogen-bond acceptors (Lipinski definition) is 2. The summed E-state index contributed by atoms with van der Waals surface area (Å²) in [5.74, 6) is 0.143. The first kappa shape index (κ1) is 9.65. The predicted molar refractivity (Wildman–Crippen MR) is 51.3 cm³/mol. The van der Waals surface area contributed by atoms with Crippen molar-refractivity contribution in [1.29, 1.82) is 0 Å². The van der Waals surface area contributed by atoms with E-state index in [0.717, 1.165) is 0 Å². The van der Waals surface area contributed by atoms with Gasteiger partial charge in [0.15, 0.2) is 11.6 Å². The second-order valence-electron chi connectivity index (χ2n) is 2.91. The zero-order valence-corrected chi connectivity index (χ0v) is 7.45. The van der Waals surface area contributed by atoms with Crippen LogP contribution in [0.1, 0.15) is 19.3 Å². The molecule has 68 valence electrons. The minimum Gasteiger partial charge on any atom is -0.295 e. The molecule has 0 bridgehead atoms. The van der Waals surface area contributed by atoms with E-state index in [4.69, 9.17) is 0 Å². The summed E-state index contributed by atoms with van der Waals surface area (Å²) in [5.41, 5.74) is 0.654. The summed E-state index contributed by atoms with van der Waals surface area (Å²) in [4.78, 5) is 22.2. The molecule has 0 amide bonds. The summed E-state index contributed by atoms with van der Waals surface area (Å²) in [5, 5.41) is 0. The van der Waals surface area contributed by atoms with E-state index in [1.165, 1.54) is 6.08 Å². The SMILES string of the molecule is C=CCCC(=O)C1=CCC(=O)C=C1. The smallest absolute Gasteiger partial charge is 0.162 e. The van der Waals surface area contributed by atoms with Crippen LogP contribution < -0.4 is 0 Å². The average molecular weight is 176 g/mol. The molecule has 2 heteroatoms. The van der Waals surface area contributed by atoms with Crippen LogP contribution in [0, 0.1) is 0 Å². The summed E-state index contributed by atoms with van der Waals surface area (Å²) in [6.45, 7) is 3.55. The number of allylic oxidation sites excluding steroid dienone is 5. The Morgan fingerprint density at radius 1 is 1.54 bits per heavy atom. The van der Waals surface area contributed by atoms with Crippen molar-refractivity contribution in [2.75, 3.05) is 0 Å². The molecule has 0 heterocycles. The molecule has 0 unspecified atom stereocenters. The van der Waals surface area contributed by atoms with Crippen molar-refractivity contribution in [3.05, 3.63) is 36.5 Å². The highest BCUT2D eigenvalue weighted by Crippen LogP contribution is 2.11. The Kier molecular flexibility index (Phi) is 3.38. The lowest BCUT2D eigenvalue weighted by atomic mass is 10.00. The fraction of sp³-hybridized carbons (Fsp3) is 0.273. The molecule has 0 aromatic heterocycles. The molecular formula is C11H12O2. The Hall–Kier alpha value is -1.44. The van der Waals surface area contributed by atoms with Crippen LogP contribution in [-0.2, 0) is 9.59 Å². The van der Waals surface area contributed by atoms with Gasteiger partial charge in [-0.3, -0.25) is 9.59 Å². The lowest BCUT2D eigenvalue weighted by Crippen LogP contribution is -2.05. The van der Waals surface area contributed by atoms with Gasteiger partial charge in [0.25, 0.3) is 0 Å². The highest BCUT2D eigenvalue weighted by atomic mass is 16.1. The summed E-state index contributed by atoms with van der Waals surface area (Å²) < 4.78 is 0. The van der Waals surface area contributed by atoms with Gasteiger partial charge in [-0.2, -0.15) is 0 Å². The third-order valence-electron chi connectivity index (χ3n) is 1.87. The van der Waals surface area contributed by atoms with Crippen LogP contribution in [0.15, 0.2) is 36.5 Å². The van der Waals surface area contributed by atoms with E-state index in [0.29, 0.717) is 24.8 Å². The topological polar surface area (TPSA) is 34.1 Å². The zero-order valence-electron chi connectivity index (χ0n) is 7.45. The van der Waals surface area contributed by atoms with Crippen molar-refractivity contribution in [2.24, 2.45) is 0 Å². The summed E-state index contributed by atoms with van der Waals surface area (Å²) >= 11 is 0. The first-order chi connectivity index (χ1) is 6.24. The standard InChI is InChI=1S/C11H12O2/c1-2-3-4-11(13)9-5-7-10(12)8-6-9/h2,5-7H,1,3-4,8H2. The molecule has 2 nitrogen and oxygen atoms in total. The minimum absolute atomic E-state index is 0.0558. The lowest BCUT2D eigenvalue weighted by Gasteiger charge is -2.03. The van der Waals surface area contributed by atoms with Crippen molar-refractivity contribution < 1.29 is 9.59 Å². The first-order valence-electron chi connectivity index (χ1n) is 4.29. The molecule has 0 radical (unpaired) electrons. The second kappa shape index (κ2) is 4.55. The molecule has 0 saturated heterocycles. The Labute approximate surface area is 77.6 Å². The number of carbonyl (C=O) groups excluding carboxylic acids is 2. The molecule has 0 aliphatic heterocycles. The fourth-order valence-electron chi connectivity index (χ4n) is 1.11. The van der Waals surface area contributed by atoms with Crippen molar-refractivity contribution in [3.8, 4) is 0 Å². The molecule has 1 rings (SSSR count). The zero-order chi connectivity index (χ0) is 9.68. The highest BCUT2D eigenvalue weighted by Gasteiger charge is 2.09. The van der Waals surface area contributed by atoms with E-state index in [-0.39, 0.29) is 11.6 Å². The van der Waals surface area contributed by atoms with E-state index in [9.17, 15) is 9.59 Å². The number of Topliss-reactive ketones (excluding diaryl/α,β-unsaturated/α-hetero) is 1. The van der Waals surface area contributed by atoms with Crippen molar-refractivity contribution in [1.82, 2.24) is 0 Å². The Balaban J connectivity index is 2.53. The van der Waals surface area contributed by atoms with Crippen LogP contribution in [0.2, 0.25) is 0 Å². The molecule has 1 aliphatic rings. The van der Waals surface area contributed by atoms with Gasteiger partial charge < -0.3 is 0 Å². The lowest BCUT2D eigenvalue weighted by molar-refractivity contribution is -0.115. The van der Waals surface area contributed by atoms with Gasteiger partial charge in [-0.15, -0.1) is 6.58 Å². The van der Waals surface area contributed by atoms with Crippen LogP contribution in [0.25, 0.3) is 0 Å². The van der Waals surface area contributed by atoms with Crippen LogP contribution in [0.4, 0.5) is 0 Å². The number of carbonyl (C=O) groups is 2. The maximum atomic E-state index is 11.4. The van der Waals surface area contributed by atoms with Crippen LogP contribution >= 0.6 is 0 Å². The molecule has 0 atom stereocenters. The maximum absolute atomic E-state index is 11.4. The maximum Gasteiger partial charge on any atom is 0.162 e. The normalized spacial score (nSPS) is 15.4. The van der Waals surface area contributed by atoms with Crippen molar-refractivity contribution in [2.45, 2.75) is 19.3 Å². The van der Waals surface area contributed by atoms with E-state index in [1.54, 1.807) is 18.2 Å². The molecule has 0 spiro atoms. The predicted octanol–water partition coefficient (Wildman–Crippen LogP) is 1.98. The van der Waals surface area contributed by atoms with Crippen LogP contribution in [0.5, 0.6) is 0 Å². The van der Waals surface area contributed by atoms with Crippen molar-refractivity contribution in [3.63, 3.8) is 0 Å². The van der Waals surface area contributed by atoms with E-state index >= 15 is 0 Å². The third-order valence-corrected chi connectivity index (χ3v) is 1.87. The van der Waals surface area contributed by atoms with Gasteiger partial charge in [0.05, 0.1) is 0 Å². The van der Waals surface area contributed by atoms with Gasteiger partial charge in [0.1, 0.15) is 0 Å². The van der Waals surface area contributed by atoms with Gasteiger partial charge in [-0.1, -0.05) is 12.2 Å². The third kappa shape index (κ3) is 2.82. The molecule has 0 aromatic carbocycles. The Bertz CT molecular complexity index is 295. The van der Waals surface area contributed by atoms with E-state index in [1.807, 2.05) is 0 Å². The minimum atomic E-state index is 0.0558. The molecular weight excluding hydrogens is 164 g/mol. The van der Waals surface area contributed by atoms with Crippen LogP contribution in [-0.4, -0.2) is 11.6 Å². The monoisotopic (exact) mass is 176 g/mol. The van der Waals surface area contributed by atoms with Crippen molar-refractivity contribution >= 4 is 11.6 Å². The Morgan fingerprint density at radius 2 is 2.31 bits per heavy atom. The first-order valence-corrected chi connectivity index (χ1v) is 4.29. The van der Waals surface area contributed by atoms with Crippen LogP contribution in [0.3, 0.4) is 0 Å². The summed E-state index contributed by atoms with van der Waals surface area (Å²) in [7, 11) is 0. The van der Waals surface area contributed by atoms with E-state index < -0.39 is 0 Å². The molecule has 0 aromatic rings. The molecule has 0 saturated carbocycles. The van der Waals surface area contributed by atoms with Gasteiger partial charge in [-0.05, 0) is 18.6 Å². The largest absolute Gasteiger partial charge is 0.295 e. The van der Waals surface area contributed by atoms with Gasteiger partial charge in [0, 0.05) is 18.4 Å². The average Bonchev–Trinajstić information content (AvgIpc) is 2.15. The Morgan fingerprint density at radius 3 is 2.85 bits per heavy atom. The van der Waals surface area contributed by atoms with Gasteiger partial charge in [0.2, 0.25) is 0 Å². The quantitative estimate of drug-likeness (QED) is 0.614. The number of rotatable bonds is 4. The molecule has 0 fully saturated rings. The molecule has 1 aliphatic carbocycles. The highest BCUT2D eigenvalue weighted by molar-refractivity contribution is 6.03. The summed E-state index contributed by atoms with van der Waals surface area (Å²) in [6.07, 6.45) is 7.99. The fourth-order valence-corrected chi connectivity index (χ4v) is 1.11. The number of ketones is 2. The molecule has 13 heavy (non-hydrogen) atoms. The molecule has 0 N–H and O–H groups in total. The number of hydrogen-bond donors (Lipinski definition) is 0. The van der Waals surface area contributed by atoms with Gasteiger partial charge in [-0.25, -0.2) is 0 Å². The van der Waals surface area contributed by atoms with Gasteiger partial charge >= 0.3 is 0 Å².